The smallest absolute Gasteiger partial charge is 0.328 e. The van der Waals surface area contributed by atoms with Gasteiger partial charge in [0.2, 0.25) is 29.1 Å². The number of ether oxygens (including phenoxy) is 1. The summed E-state index contributed by atoms with van der Waals surface area (Å²) in [7, 11) is 0. The SMILES string of the molecule is Cc1ccc(N(c2ccc(C)cc2)c2nc(Cl)nc(N(c3ccc(C)cc3)c3ccc(C)cc3)n2)cc1.Cc1ccc(N(c2ccc(C)cc2)c2nc(Oc3ccc(-n4c5ccccc5c5ccccc54)cc3)nc(N(c3ccc(C)cc3)c3ccc(C)cc3)n2)cc1.Oc1ccc(-n2c3ccccc3c3ccccc32)cc1. The lowest BCUT2D eigenvalue weighted by Crippen LogP contribution is -2.19. The number of aromatic nitrogens is 8. The second kappa shape index (κ2) is 32.2. The maximum atomic E-state index is 9.47. The average Bonchev–Trinajstić information content (AvgIpc) is 1.61. The molecule has 0 aliphatic heterocycles. The van der Waals surface area contributed by atoms with Gasteiger partial charge in [0.05, 0.1) is 22.1 Å². The van der Waals surface area contributed by atoms with Crippen LogP contribution in [0.25, 0.3) is 55.0 Å². The van der Waals surface area contributed by atoms with Crippen molar-refractivity contribution in [2.75, 3.05) is 19.6 Å². The summed E-state index contributed by atoms with van der Waals surface area (Å²) in [4.78, 5) is 37.5. The van der Waals surface area contributed by atoms with Crippen molar-refractivity contribution in [3.8, 4) is 28.9 Å². The Kier molecular flexibility index (Phi) is 20.8. The maximum Gasteiger partial charge on any atom is 0.328 e. The molecule has 113 heavy (non-hydrogen) atoms. The number of benzene rings is 14. The largest absolute Gasteiger partial charge is 0.508 e. The lowest BCUT2D eigenvalue weighted by molar-refractivity contribution is 0.440. The summed E-state index contributed by atoms with van der Waals surface area (Å²) < 4.78 is 11.1. The van der Waals surface area contributed by atoms with Crippen molar-refractivity contribution in [3.05, 3.63) is 390 Å². The highest BCUT2D eigenvalue weighted by Gasteiger charge is 2.26. The number of halogens is 1. The second-order valence-corrected chi connectivity index (χ2v) is 28.6. The third kappa shape index (κ3) is 15.9. The van der Waals surface area contributed by atoms with Crippen molar-refractivity contribution < 1.29 is 9.84 Å². The Morgan fingerprint density at radius 3 is 0.699 bits per heavy atom. The van der Waals surface area contributed by atoms with Gasteiger partial charge in [0.15, 0.2) is 0 Å². The van der Waals surface area contributed by atoms with Gasteiger partial charge in [0.1, 0.15) is 11.5 Å². The van der Waals surface area contributed by atoms with Crippen LogP contribution in [0, 0.1) is 55.4 Å². The van der Waals surface area contributed by atoms with Crippen molar-refractivity contribution in [2.45, 2.75) is 55.4 Å². The third-order valence-corrected chi connectivity index (χ3v) is 20.1. The van der Waals surface area contributed by atoms with Gasteiger partial charge >= 0.3 is 6.01 Å². The van der Waals surface area contributed by atoms with E-state index in [4.69, 9.17) is 36.3 Å². The molecule has 18 rings (SSSR count). The summed E-state index contributed by atoms with van der Waals surface area (Å²) in [6.45, 7) is 16.6. The Labute approximate surface area is 662 Å². The minimum Gasteiger partial charge on any atom is -0.508 e. The van der Waals surface area contributed by atoms with E-state index in [-0.39, 0.29) is 17.0 Å². The molecule has 0 fully saturated rings. The number of nitrogens with zero attached hydrogens (tertiary/aromatic N) is 12. The van der Waals surface area contributed by atoms with E-state index in [1.807, 2.05) is 43.9 Å². The lowest BCUT2D eigenvalue weighted by Gasteiger charge is -2.27. The van der Waals surface area contributed by atoms with Gasteiger partial charge in [0, 0.05) is 78.4 Å². The molecule has 0 unspecified atom stereocenters. The second-order valence-electron chi connectivity index (χ2n) is 28.3. The molecule has 18 aromatic rings. The topological polar surface area (TPSA) is 130 Å². The zero-order valence-electron chi connectivity index (χ0n) is 63.9. The minimum absolute atomic E-state index is 0.119. The molecule has 552 valence electrons. The van der Waals surface area contributed by atoms with E-state index in [1.165, 1.54) is 54.8 Å². The van der Waals surface area contributed by atoms with E-state index < -0.39 is 0 Å². The first-order chi connectivity index (χ1) is 55.1. The van der Waals surface area contributed by atoms with Crippen molar-refractivity contribution in [3.63, 3.8) is 0 Å². The summed E-state index contributed by atoms with van der Waals surface area (Å²) >= 11 is 6.57. The molecule has 14 nitrogen and oxygen atoms in total. The Hall–Kier alpha value is -14.2. The first-order valence-electron chi connectivity index (χ1n) is 37.6. The highest BCUT2D eigenvalue weighted by atomic mass is 35.5. The maximum absolute atomic E-state index is 9.47. The van der Waals surface area contributed by atoms with Gasteiger partial charge in [-0.3, -0.25) is 19.6 Å². The molecule has 15 heteroatoms. The molecule has 0 bridgehead atoms. The molecule has 4 heterocycles. The first kappa shape index (κ1) is 73.0. The fraction of sp³-hybridized carbons (Fsp3) is 0.0816. The number of phenolic OH excluding ortho intramolecular Hbond substituents is 1. The monoisotopic (exact) mass is 1490 g/mol. The molecule has 0 spiro atoms. The number of aryl methyl sites for hydroxylation is 8. The van der Waals surface area contributed by atoms with E-state index in [9.17, 15) is 5.11 Å². The van der Waals surface area contributed by atoms with Crippen molar-refractivity contribution in [2.24, 2.45) is 0 Å². The Bertz CT molecular complexity index is 5840. The Morgan fingerprint density at radius 1 is 0.248 bits per heavy atom. The summed E-state index contributed by atoms with van der Waals surface area (Å²) in [6.07, 6.45) is 0. The Morgan fingerprint density at radius 2 is 0.460 bits per heavy atom. The molecule has 0 radical (unpaired) electrons. The standard InChI is InChI=1S/C49H40N6O.C31H28ClN5.C18H13NO/c1-33-13-21-37(22-14-33)53(38-23-15-34(2)16-24-38)47-50-48(54(39-25-17-35(3)18-26-39)40-27-19-36(4)20-28-40)52-49(51-47)56-42-31-29-41(30-32-42)55-45-11-7-5-9-43(45)44-10-6-8-12-46(44)55;1-21-5-13-25(14-6-21)36(26-15-7-22(2)8-16-26)30-33-29(32)34-31(35-30)37(27-17-9-23(3)10-18-27)28-19-11-24(4)12-20-28;20-14-11-9-13(10-12-14)19-17-7-3-1-5-15(17)16-6-2-4-8-18(16)19/h5-32H,1-4H3;5-20H,1-4H3;1-12,20H. The minimum atomic E-state index is 0.119. The van der Waals surface area contributed by atoms with Gasteiger partial charge < -0.3 is 19.0 Å². The van der Waals surface area contributed by atoms with Crippen LogP contribution in [0.2, 0.25) is 5.28 Å². The average molecular weight is 1490 g/mol. The number of anilines is 12. The quantitative estimate of drug-likeness (QED) is 0.0988. The number of aromatic hydroxyl groups is 1. The molecule has 14 aromatic carbocycles. The van der Waals surface area contributed by atoms with E-state index in [0.29, 0.717) is 29.5 Å². The molecule has 0 saturated carbocycles. The number of fused-ring (bicyclic) bond motifs is 6. The molecule has 0 amide bonds. The number of phenols is 1. The van der Waals surface area contributed by atoms with Crippen molar-refractivity contribution in [1.82, 2.24) is 39.0 Å². The van der Waals surface area contributed by atoms with Gasteiger partial charge in [-0.15, -0.1) is 0 Å². The van der Waals surface area contributed by atoms with Crippen LogP contribution < -0.4 is 24.3 Å². The van der Waals surface area contributed by atoms with Gasteiger partial charge in [-0.1, -0.05) is 214 Å². The first-order valence-corrected chi connectivity index (χ1v) is 37.9. The van der Waals surface area contributed by atoms with E-state index in [1.54, 1.807) is 12.1 Å². The predicted molar refractivity (Wildman–Crippen MR) is 465 cm³/mol. The summed E-state index contributed by atoms with van der Waals surface area (Å²) in [5, 5.41) is 14.5. The van der Waals surface area contributed by atoms with Crippen LogP contribution in [0.5, 0.6) is 17.5 Å². The summed E-state index contributed by atoms with van der Waals surface area (Å²) in [6, 6.07) is 116. The van der Waals surface area contributed by atoms with Crippen LogP contribution >= 0.6 is 11.6 Å². The molecular weight excluding hydrogens is 1410 g/mol. The third-order valence-electron chi connectivity index (χ3n) is 19.9. The van der Waals surface area contributed by atoms with Crippen LogP contribution in [-0.4, -0.2) is 44.1 Å². The molecule has 0 saturated heterocycles. The molecule has 0 atom stereocenters. The zero-order chi connectivity index (χ0) is 77.6. The van der Waals surface area contributed by atoms with E-state index in [2.05, 4.69) is 378 Å². The van der Waals surface area contributed by atoms with E-state index >= 15 is 0 Å². The zero-order valence-corrected chi connectivity index (χ0v) is 64.7. The van der Waals surface area contributed by atoms with Crippen molar-refractivity contribution in [1.29, 1.82) is 0 Å². The van der Waals surface area contributed by atoms with Crippen LogP contribution in [0.1, 0.15) is 44.5 Å². The van der Waals surface area contributed by atoms with Gasteiger partial charge in [-0.2, -0.15) is 29.9 Å². The molecule has 4 aromatic heterocycles. The normalized spacial score (nSPS) is 11.1. The molecule has 0 aliphatic carbocycles. The summed E-state index contributed by atoms with van der Waals surface area (Å²) in [5.41, 5.74) is 23.4. The van der Waals surface area contributed by atoms with E-state index in [0.717, 1.165) is 90.2 Å². The molecule has 1 N–H and O–H groups in total. The highest BCUT2D eigenvalue weighted by Crippen LogP contribution is 2.42. The summed E-state index contributed by atoms with van der Waals surface area (Å²) in [5.74, 6) is 2.60. The van der Waals surface area contributed by atoms with Crippen LogP contribution in [0.3, 0.4) is 0 Å². The number of para-hydroxylation sites is 4. The van der Waals surface area contributed by atoms with Gasteiger partial charge in [-0.05, 0) is 237 Å². The van der Waals surface area contributed by atoms with Crippen LogP contribution in [-0.2, 0) is 0 Å². The van der Waals surface area contributed by atoms with Crippen LogP contribution in [0.15, 0.2) is 340 Å². The van der Waals surface area contributed by atoms with Gasteiger partial charge in [0.25, 0.3) is 0 Å². The number of hydrogen-bond acceptors (Lipinski definition) is 12. The molecule has 0 aliphatic rings. The Balaban J connectivity index is 0.000000144. The fourth-order valence-electron chi connectivity index (χ4n) is 14.0. The highest BCUT2D eigenvalue weighted by molar-refractivity contribution is 6.28. The predicted octanol–water partition coefficient (Wildman–Crippen LogP) is 26.1. The van der Waals surface area contributed by atoms with Crippen molar-refractivity contribution >= 4 is 125 Å². The van der Waals surface area contributed by atoms with Crippen LogP contribution in [0.4, 0.5) is 69.3 Å². The lowest BCUT2D eigenvalue weighted by atomic mass is 10.1. The molecular formula is C98H81ClN12O2. The number of hydrogen-bond donors (Lipinski definition) is 1. The number of rotatable bonds is 16. The fourth-order valence-corrected chi connectivity index (χ4v) is 14.1. The van der Waals surface area contributed by atoms with Gasteiger partial charge in [-0.25, -0.2) is 0 Å².